The summed E-state index contributed by atoms with van der Waals surface area (Å²) >= 11 is 0. The molecule has 0 aliphatic carbocycles. The van der Waals surface area contributed by atoms with Gasteiger partial charge in [-0.05, 0) is 36.7 Å². The van der Waals surface area contributed by atoms with E-state index in [1.54, 1.807) is 0 Å². The van der Waals surface area contributed by atoms with Crippen molar-refractivity contribution in [2.75, 3.05) is 33.5 Å². The van der Waals surface area contributed by atoms with Crippen LogP contribution in [0.3, 0.4) is 0 Å². The van der Waals surface area contributed by atoms with E-state index >= 15 is 0 Å². The van der Waals surface area contributed by atoms with Crippen LogP contribution in [0.2, 0.25) is 0 Å². The molecule has 0 N–H and O–H groups in total. The van der Waals surface area contributed by atoms with Crippen molar-refractivity contribution in [3.05, 3.63) is 29.8 Å². The lowest BCUT2D eigenvalue weighted by atomic mass is 9.90. The summed E-state index contributed by atoms with van der Waals surface area (Å²) in [7, 11) is 2.19. The number of benzene rings is 1. The number of fused-ring (bicyclic) bond motifs is 3. The van der Waals surface area contributed by atoms with Crippen molar-refractivity contribution in [1.82, 2.24) is 4.90 Å². The van der Waals surface area contributed by atoms with Crippen LogP contribution in [0.5, 0.6) is 11.5 Å². The Bertz CT molecular complexity index is 555. The van der Waals surface area contributed by atoms with Crippen LogP contribution in [0.4, 0.5) is 0 Å². The predicted octanol–water partition coefficient (Wildman–Crippen LogP) is 1.94. The zero-order valence-corrected chi connectivity index (χ0v) is 11.7. The molecule has 0 spiro atoms. The molecule has 4 nitrogen and oxygen atoms in total. The predicted molar refractivity (Wildman–Crippen MR) is 76.2 cm³/mol. The first-order valence-corrected chi connectivity index (χ1v) is 7.21. The molecule has 4 rings (SSSR count). The summed E-state index contributed by atoms with van der Waals surface area (Å²) in [4.78, 5) is 2.42. The van der Waals surface area contributed by atoms with Crippen LogP contribution < -0.4 is 9.47 Å². The van der Waals surface area contributed by atoms with Gasteiger partial charge in [-0.25, -0.2) is 0 Å². The van der Waals surface area contributed by atoms with Crippen LogP contribution in [0, 0.1) is 0 Å². The molecule has 4 heteroatoms. The Hall–Kier alpha value is -1.52. The highest BCUT2D eigenvalue weighted by Crippen LogP contribution is 2.37. The summed E-state index contributed by atoms with van der Waals surface area (Å²) in [6.45, 7) is 2.90. The van der Waals surface area contributed by atoms with Crippen LogP contribution in [0.1, 0.15) is 12.0 Å². The Balaban J connectivity index is 1.67. The van der Waals surface area contributed by atoms with E-state index in [1.807, 2.05) is 6.07 Å². The van der Waals surface area contributed by atoms with E-state index in [0.717, 1.165) is 31.1 Å². The van der Waals surface area contributed by atoms with Crippen molar-refractivity contribution in [2.45, 2.75) is 18.5 Å². The quantitative estimate of drug-likeness (QED) is 0.782. The number of rotatable bonds is 1. The van der Waals surface area contributed by atoms with Crippen molar-refractivity contribution in [1.29, 1.82) is 0 Å². The SMILES string of the molecule is CN1C2C=C(c3ccc4c(c3)OCCO4)CC1COC2. The molecule has 1 aromatic rings. The standard InChI is InChI=1S/C16H19NO3/c1-17-13-6-12(7-14(17)10-18-9-13)11-2-3-15-16(8-11)20-5-4-19-15/h2-3,6,8,13-14H,4-5,7,9-10H2,1H3. The maximum absolute atomic E-state index is 5.68. The van der Waals surface area contributed by atoms with Crippen molar-refractivity contribution in [2.24, 2.45) is 0 Å². The fourth-order valence-corrected chi connectivity index (χ4v) is 3.21. The average molecular weight is 273 g/mol. The summed E-state index contributed by atoms with van der Waals surface area (Å²) in [6.07, 6.45) is 3.37. The first kappa shape index (κ1) is 12.2. The van der Waals surface area contributed by atoms with Crippen LogP contribution in [0.25, 0.3) is 5.57 Å². The number of nitrogens with zero attached hydrogens (tertiary/aromatic N) is 1. The lowest BCUT2D eigenvalue weighted by Gasteiger charge is -2.42. The number of morpholine rings is 1. The smallest absolute Gasteiger partial charge is 0.161 e. The molecule has 106 valence electrons. The van der Waals surface area contributed by atoms with E-state index in [0.29, 0.717) is 25.3 Å². The molecule has 2 bridgehead atoms. The third kappa shape index (κ3) is 2.00. The van der Waals surface area contributed by atoms with Crippen LogP contribution in [0.15, 0.2) is 24.3 Å². The van der Waals surface area contributed by atoms with Gasteiger partial charge in [0.05, 0.1) is 19.3 Å². The van der Waals surface area contributed by atoms with Crippen LogP contribution >= 0.6 is 0 Å². The molecule has 1 saturated heterocycles. The van der Waals surface area contributed by atoms with Gasteiger partial charge in [-0.15, -0.1) is 0 Å². The van der Waals surface area contributed by atoms with E-state index in [2.05, 4.69) is 30.2 Å². The minimum atomic E-state index is 0.394. The maximum atomic E-state index is 5.68. The van der Waals surface area contributed by atoms with Crippen molar-refractivity contribution in [3.8, 4) is 11.5 Å². The fourth-order valence-electron chi connectivity index (χ4n) is 3.21. The number of likely N-dealkylation sites (N-methyl/N-ethyl adjacent to an activating group) is 1. The minimum absolute atomic E-state index is 0.394. The highest BCUT2D eigenvalue weighted by Gasteiger charge is 2.32. The molecule has 20 heavy (non-hydrogen) atoms. The van der Waals surface area contributed by atoms with E-state index < -0.39 is 0 Å². The molecule has 0 radical (unpaired) electrons. The first-order chi connectivity index (χ1) is 9.81. The topological polar surface area (TPSA) is 30.9 Å². The first-order valence-electron chi connectivity index (χ1n) is 7.21. The molecule has 0 aromatic heterocycles. The van der Waals surface area contributed by atoms with Crippen LogP contribution in [-0.2, 0) is 4.74 Å². The number of ether oxygens (including phenoxy) is 3. The normalized spacial score (nSPS) is 28.9. The molecule has 3 aliphatic heterocycles. The Morgan fingerprint density at radius 2 is 1.95 bits per heavy atom. The fraction of sp³-hybridized carbons (Fsp3) is 0.500. The van der Waals surface area contributed by atoms with Gasteiger partial charge in [0.2, 0.25) is 0 Å². The molecular formula is C16H19NO3. The van der Waals surface area contributed by atoms with E-state index in [-0.39, 0.29) is 0 Å². The molecule has 0 amide bonds. The molecule has 1 aromatic carbocycles. The van der Waals surface area contributed by atoms with Gasteiger partial charge in [-0.1, -0.05) is 12.1 Å². The highest BCUT2D eigenvalue weighted by atomic mass is 16.6. The van der Waals surface area contributed by atoms with E-state index in [9.17, 15) is 0 Å². The Labute approximate surface area is 118 Å². The lowest BCUT2D eigenvalue weighted by molar-refractivity contribution is -0.0221. The average Bonchev–Trinajstić information content (AvgIpc) is 2.46. The summed E-state index contributed by atoms with van der Waals surface area (Å²) in [5.74, 6) is 1.73. The monoisotopic (exact) mass is 273 g/mol. The second-order valence-corrected chi connectivity index (χ2v) is 5.68. The summed E-state index contributed by atoms with van der Waals surface area (Å²) in [5.41, 5.74) is 2.65. The molecular weight excluding hydrogens is 254 g/mol. The summed E-state index contributed by atoms with van der Waals surface area (Å²) < 4.78 is 16.9. The zero-order chi connectivity index (χ0) is 13.5. The Morgan fingerprint density at radius 1 is 1.10 bits per heavy atom. The van der Waals surface area contributed by atoms with Crippen molar-refractivity contribution < 1.29 is 14.2 Å². The molecule has 1 fully saturated rings. The Morgan fingerprint density at radius 3 is 2.80 bits per heavy atom. The second kappa shape index (κ2) is 4.79. The zero-order valence-electron chi connectivity index (χ0n) is 11.7. The molecule has 2 atom stereocenters. The molecule has 2 unspecified atom stereocenters. The van der Waals surface area contributed by atoms with Gasteiger partial charge < -0.3 is 14.2 Å². The van der Waals surface area contributed by atoms with Gasteiger partial charge >= 0.3 is 0 Å². The lowest BCUT2D eigenvalue weighted by Crippen LogP contribution is -2.51. The molecule has 3 heterocycles. The number of hydrogen-bond acceptors (Lipinski definition) is 4. The van der Waals surface area contributed by atoms with E-state index in [4.69, 9.17) is 14.2 Å². The summed E-state index contributed by atoms with van der Waals surface area (Å²) in [5, 5.41) is 0. The Kier molecular flexibility index (Phi) is 2.93. The molecule has 3 aliphatic rings. The van der Waals surface area contributed by atoms with E-state index in [1.165, 1.54) is 11.1 Å². The van der Waals surface area contributed by atoms with Gasteiger partial charge in [0.25, 0.3) is 0 Å². The van der Waals surface area contributed by atoms with Gasteiger partial charge in [-0.3, -0.25) is 4.90 Å². The number of hydrogen-bond donors (Lipinski definition) is 0. The minimum Gasteiger partial charge on any atom is -0.486 e. The van der Waals surface area contributed by atoms with Crippen molar-refractivity contribution in [3.63, 3.8) is 0 Å². The largest absolute Gasteiger partial charge is 0.486 e. The van der Waals surface area contributed by atoms with Crippen LogP contribution in [-0.4, -0.2) is 50.5 Å². The van der Waals surface area contributed by atoms with Gasteiger partial charge in [0.15, 0.2) is 11.5 Å². The molecule has 0 saturated carbocycles. The summed E-state index contributed by atoms with van der Waals surface area (Å²) in [6, 6.07) is 7.16. The van der Waals surface area contributed by atoms with Gasteiger partial charge in [-0.2, -0.15) is 0 Å². The van der Waals surface area contributed by atoms with Gasteiger partial charge in [0.1, 0.15) is 13.2 Å². The van der Waals surface area contributed by atoms with Gasteiger partial charge in [0, 0.05) is 6.04 Å². The van der Waals surface area contributed by atoms with Crippen molar-refractivity contribution >= 4 is 5.57 Å². The highest BCUT2D eigenvalue weighted by molar-refractivity contribution is 5.70. The third-order valence-corrected chi connectivity index (χ3v) is 4.46. The third-order valence-electron chi connectivity index (χ3n) is 4.46. The second-order valence-electron chi connectivity index (χ2n) is 5.68. The maximum Gasteiger partial charge on any atom is 0.161 e.